The van der Waals surface area contributed by atoms with Crippen molar-refractivity contribution < 1.29 is 84.1 Å². The molecule has 0 saturated carbocycles. The smallest absolute Gasteiger partial charge is 0.397 e. The van der Waals surface area contributed by atoms with Crippen LogP contribution in [-0.4, -0.2) is 40.0 Å². The molecule has 20 heteroatoms. The highest BCUT2D eigenvalue weighted by Gasteiger charge is 2.89. The Balaban J connectivity index is 6.27. The Kier molecular flexibility index (Phi) is 7.37. The minimum atomic E-state index is -8.25. The molecule has 0 N–H and O–H groups in total. The molecule has 0 spiro atoms. The molecule has 0 aliphatic heterocycles. The molecule has 29 heavy (non-hydrogen) atoms. The van der Waals surface area contributed by atoms with Gasteiger partial charge in [-0.25, -0.2) is 4.74 Å². The summed E-state index contributed by atoms with van der Waals surface area (Å²) in [5, 5.41) is 0. The topological polar surface area (TPSA) is 18.5 Å². The third-order valence-electron chi connectivity index (χ3n) is 2.47. The van der Waals surface area contributed by atoms with Gasteiger partial charge in [-0.05, 0) is 0 Å². The SMILES string of the molecule is FC(F)=C(F)OC(F)(F)C(F)(F)C(F)(F)C(F)(F)C(F)(F)OC(F)(F)C(F)(F)I. The fourth-order valence-corrected chi connectivity index (χ4v) is 1.17. The molecule has 0 fully saturated rings. The quantitative estimate of drug-likeness (QED) is 0.128. The van der Waals surface area contributed by atoms with E-state index in [0.717, 1.165) is 0 Å². The van der Waals surface area contributed by atoms with Crippen LogP contribution in [0.4, 0.5) is 74.6 Å². The molecule has 0 radical (unpaired) electrons. The van der Waals surface area contributed by atoms with Crippen LogP contribution >= 0.6 is 22.6 Å². The molecular formula is C9F17IO2. The van der Waals surface area contributed by atoms with Crippen molar-refractivity contribution in [2.24, 2.45) is 0 Å². The van der Waals surface area contributed by atoms with Gasteiger partial charge in [0.05, 0.1) is 0 Å². The van der Waals surface area contributed by atoms with Gasteiger partial charge in [-0.1, -0.05) is 0 Å². The van der Waals surface area contributed by atoms with E-state index < -0.39 is 74.7 Å². The average molecular weight is 590 g/mol. The lowest BCUT2D eigenvalue weighted by molar-refractivity contribution is -0.502. The van der Waals surface area contributed by atoms with Gasteiger partial charge in [-0.3, -0.25) is 0 Å². The molecule has 0 aromatic carbocycles. The normalized spacial score (nSPS) is 15.4. The molecule has 0 aliphatic carbocycles. The first-order valence-corrected chi connectivity index (χ1v) is 6.80. The van der Waals surface area contributed by atoms with Crippen LogP contribution in [0.25, 0.3) is 0 Å². The third kappa shape index (κ3) is 4.86. The van der Waals surface area contributed by atoms with Crippen LogP contribution < -0.4 is 0 Å². The number of hydrogen-bond acceptors (Lipinski definition) is 2. The van der Waals surface area contributed by atoms with Crippen LogP contribution in [0.2, 0.25) is 0 Å². The second-order valence-corrected chi connectivity index (χ2v) is 5.86. The standard InChI is InChI=1S/C9F17IO2/c10-1(11)2(12)28-7(21,22)4(15,16)3(13,14)5(17,18)8(23,24)29-9(25,26)6(19,20)27. The van der Waals surface area contributed by atoms with Gasteiger partial charge in [0.15, 0.2) is 0 Å². The summed E-state index contributed by atoms with van der Waals surface area (Å²) in [6.45, 7) is 0. The van der Waals surface area contributed by atoms with Crippen molar-refractivity contribution in [3.05, 3.63) is 12.1 Å². The lowest BCUT2D eigenvalue weighted by Crippen LogP contribution is -2.69. The second-order valence-electron chi connectivity index (χ2n) is 4.51. The van der Waals surface area contributed by atoms with E-state index in [1.165, 1.54) is 4.74 Å². The molecule has 0 atom stereocenters. The number of halogens is 18. The second kappa shape index (κ2) is 7.62. The molecule has 0 aliphatic rings. The van der Waals surface area contributed by atoms with Gasteiger partial charge in [-0.2, -0.15) is 74.6 Å². The van der Waals surface area contributed by atoms with Crippen molar-refractivity contribution in [1.82, 2.24) is 0 Å². The summed E-state index contributed by atoms with van der Waals surface area (Å²) in [7, 11) is 0. The summed E-state index contributed by atoms with van der Waals surface area (Å²) >= 11 is -0.723. The van der Waals surface area contributed by atoms with Crippen LogP contribution in [0, 0.1) is 0 Å². The van der Waals surface area contributed by atoms with E-state index in [1.54, 1.807) is 4.74 Å². The minimum Gasteiger partial charge on any atom is -0.397 e. The van der Waals surface area contributed by atoms with Crippen molar-refractivity contribution in [3.8, 4) is 0 Å². The number of ether oxygens (including phenoxy) is 2. The largest absolute Gasteiger partial charge is 0.472 e. The van der Waals surface area contributed by atoms with E-state index in [2.05, 4.69) is 0 Å². The zero-order valence-electron chi connectivity index (χ0n) is 12.1. The predicted octanol–water partition coefficient (Wildman–Crippen LogP) is 6.77. The molecule has 0 rings (SSSR count). The van der Waals surface area contributed by atoms with E-state index in [1.807, 2.05) is 0 Å². The molecule has 0 bridgehead atoms. The van der Waals surface area contributed by atoms with E-state index in [4.69, 9.17) is 0 Å². The number of rotatable bonds is 9. The Morgan fingerprint density at radius 2 is 0.862 bits per heavy atom. The summed E-state index contributed by atoms with van der Waals surface area (Å²) in [4.78, 5) is 0. The highest BCUT2D eigenvalue weighted by Crippen LogP contribution is 2.59. The summed E-state index contributed by atoms with van der Waals surface area (Å²) in [6.07, 6.45) is -25.9. The molecule has 174 valence electrons. The van der Waals surface area contributed by atoms with E-state index in [-0.39, 0.29) is 0 Å². The van der Waals surface area contributed by atoms with Gasteiger partial charge in [0.1, 0.15) is 0 Å². The van der Waals surface area contributed by atoms with E-state index in [9.17, 15) is 74.6 Å². The van der Waals surface area contributed by atoms with Crippen LogP contribution in [0.15, 0.2) is 12.1 Å². The summed E-state index contributed by atoms with van der Waals surface area (Å²) in [5.74, 6) is -24.4. The Morgan fingerprint density at radius 1 is 0.517 bits per heavy atom. The van der Waals surface area contributed by atoms with Gasteiger partial charge in [0, 0.05) is 22.6 Å². The first-order valence-electron chi connectivity index (χ1n) is 5.72. The maximum Gasteiger partial charge on any atom is 0.472 e. The van der Waals surface area contributed by atoms with Crippen LogP contribution in [-0.2, 0) is 9.47 Å². The van der Waals surface area contributed by atoms with Crippen molar-refractivity contribution in [2.75, 3.05) is 0 Å². The van der Waals surface area contributed by atoms with Crippen LogP contribution in [0.1, 0.15) is 0 Å². The molecule has 2 nitrogen and oxygen atoms in total. The van der Waals surface area contributed by atoms with Gasteiger partial charge in [-0.15, -0.1) is 0 Å². The van der Waals surface area contributed by atoms with Crippen molar-refractivity contribution in [1.29, 1.82) is 0 Å². The molecular weight excluding hydrogens is 590 g/mol. The van der Waals surface area contributed by atoms with E-state index in [0.29, 0.717) is 0 Å². The monoisotopic (exact) mass is 590 g/mol. The van der Waals surface area contributed by atoms with Crippen molar-refractivity contribution >= 4 is 22.6 Å². The minimum absolute atomic E-state index is 0.723. The summed E-state index contributed by atoms with van der Waals surface area (Å²) < 4.78 is 212. The molecule has 0 heterocycles. The van der Waals surface area contributed by atoms with Gasteiger partial charge in [0.2, 0.25) is 0 Å². The fraction of sp³-hybridized carbons (Fsp3) is 0.778. The van der Waals surface area contributed by atoms with Crippen LogP contribution in [0.3, 0.4) is 0 Å². The maximum absolute atomic E-state index is 13.1. The Morgan fingerprint density at radius 3 is 1.17 bits per heavy atom. The molecule has 0 aromatic rings. The van der Waals surface area contributed by atoms with Crippen molar-refractivity contribution in [2.45, 2.75) is 40.0 Å². The Labute approximate surface area is 159 Å². The number of hydrogen-bond donors (Lipinski definition) is 0. The lowest BCUT2D eigenvalue weighted by atomic mass is 10.0. The zero-order valence-corrected chi connectivity index (χ0v) is 14.3. The lowest BCUT2D eigenvalue weighted by Gasteiger charge is -2.39. The number of alkyl halides is 15. The molecule has 0 saturated heterocycles. The predicted molar refractivity (Wildman–Crippen MR) is 61.2 cm³/mol. The highest BCUT2D eigenvalue weighted by atomic mass is 127. The molecule has 0 unspecified atom stereocenters. The van der Waals surface area contributed by atoms with Crippen molar-refractivity contribution in [3.63, 3.8) is 0 Å². The fourth-order valence-electron chi connectivity index (χ4n) is 1.06. The molecule has 0 aromatic heterocycles. The summed E-state index contributed by atoms with van der Waals surface area (Å²) in [5.41, 5.74) is 0. The van der Waals surface area contributed by atoms with E-state index >= 15 is 0 Å². The molecule has 0 amide bonds. The highest BCUT2D eigenvalue weighted by molar-refractivity contribution is 14.1. The summed E-state index contributed by atoms with van der Waals surface area (Å²) in [6, 6.07) is -4.03. The zero-order chi connectivity index (χ0) is 24.1. The Bertz CT molecular complexity index is 631. The third-order valence-corrected chi connectivity index (χ3v) is 3.10. The first kappa shape index (κ1) is 28.0. The average Bonchev–Trinajstić information content (AvgIpc) is 2.43. The van der Waals surface area contributed by atoms with Crippen LogP contribution in [0.5, 0.6) is 0 Å². The maximum atomic E-state index is 13.1. The van der Waals surface area contributed by atoms with Gasteiger partial charge in [0.25, 0.3) is 0 Å². The first-order chi connectivity index (χ1) is 12.3. The van der Waals surface area contributed by atoms with Gasteiger partial charge >= 0.3 is 52.1 Å². The Hall–Kier alpha value is -0.960. The van der Waals surface area contributed by atoms with Gasteiger partial charge < -0.3 is 4.74 Å².